The molecule has 1 heterocycles. The minimum Gasteiger partial charge on any atom is -0.321 e. The van der Waals surface area contributed by atoms with Gasteiger partial charge in [-0.25, -0.2) is 4.98 Å². The molecule has 88 valence electrons. The molecule has 4 nitrogen and oxygen atoms in total. The van der Waals surface area contributed by atoms with E-state index in [1.54, 1.807) is 0 Å². The summed E-state index contributed by atoms with van der Waals surface area (Å²) in [5, 5.41) is 7.34. The molecule has 2 saturated carbocycles. The molecule has 0 bridgehead atoms. The molecule has 1 atom stereocenters. The van der Waals surface area contributed by atoms with Crippen molar-refractivity contribution in [1.82, 2.24) is 15.2 Å². The Kier molecular flexibility index (Phi) is 2.67. The molecule has 0 amide bonds. The van der Waals surface area contributed by atoms with Gasteiger partial charge in [0.2, 0.25) is 0 Å². The maximum Gasteiger partial charge on any atom is 0.167 e. The Bertz CT molecular complexity index is 350. The standard InChI is InChI=1S/C12H20N4/c13-10(8-4-2-1-3-5-8)12-14-11(15-16-12)9-6-7-9/h8-10H,1-7,13H2,(H,14,15,16). The lowest BCUT2D eigenvalue weighted by Gasteiger charge is -2.25. The molecule has 4 heteroatoms. The average molecular weight is 220 g/mol. The van der Waals surface area contributed by atoms with Gasteiger partial charge in [-0.1, -0.05) is 19.3 Å². The number of hydrogen-bond acceptors (Lipinski definition) is 3. The van der Waals surface area contributed by atoms with Crippen molar-refractivity contribution in [3.05, 3.63) is 11.6 Å². The number of nitrogens with one attached hydrogen (secondary N) is 1. The predicted octanol–water partition coefficient (Wildman–Crippen LogP) is 2.26. The van der Waals surface area contributed by atoms with Crippen LogP contribution >= 0.6 is 0 Å². The molecule has 2 aliphatic rings. The molecule has 0 radical (unpaired) electrons. The second-order valence-electron chi connectivity index (χ2n) is 5.28. The number of nitrogens with two attached hydrogens (primary N) is 1. The first-order valence-corrected chi connectivity index (χ1v) is 6.52. The Morgan fingerprint density at radius 3 is 2.56 bits per heavy atom. The summed E-state index contributed by atoms with van der Waals surface area (Å²) in [7, 11) is 0. The van der Waals surface area contributed by atoms with Crippen LogP contribution < -0.4 is 5.73 Å². The Morgan fingerprint density at radius 2 is 1.88 bits per heavy atom. The van der Waals surface area contributed by atoms with E-state index in [1.165, 1.54) is 44.9 Å². The molecule has 3 N–H and O–H groups in total. The number of H-pyrrole nitrogens is 1. The second-order valence-corrected chi connectivity index (χ2v) is 5.28. The lowest BCUT2D eigenvalue weighted by molar-refractivity contribution is 0.301. The van der Waals surface area contributed by atoms with Crippen molar-refractivity contribution in [2.45, 2.75) is 56.9 Å². The smallest absolute Gasteiger partial charge is 0.167 e. The first kappa shape index (κ1) is 10.3. The van der Waals surface area contributed by atoms with Gasteiger partial charge in [0, 0.05) is 5.92 Å². The largest absolute Gasteiger partial charge is 0.321 e. The summed E-state index contributed by atoms with van der Waals surface area (Å²) in [6.07, 6.45) is 9.00. The highest BCUT2D eigenvalue weighted by Gasteiger charge is 2.30. The topological polar surface area (TPSA) is 67.6 Å². The molecule has 0 spiro atoms. The van der Waals surface area contributed by atoms with E-state index in [1.807, 2.05) is 0 Å². The quantitative estimate of drug-likeness (QED) is 0.821. The Morgan fingerprint density at radius 1 is 1.12 bits per heavy atom. The monoisotopic (exact) mass is 220 g/mol. The van der Waals surface area contributed by atoms with E-state index < -0.39 is 0 Å². The van der Waals surface area contributed by atoms with E-state index in [4.69, 9.17) is 5.73 Å². The van der Waals surface area contributed by atoms with Crippen LogP contribution in [-0.4, -0.2) is 15.2 Å². The molecule has 3 rings (SSSR count). The van der Waals surface area contributed by atoms with Crippen molar-refractivity contribution < 1.29 is 0 Å². The average Bonchev–Trinajstić information content (AvgIpc) is 3.08. The minimum absolute atomic E-state index is 0.0454. The third-order valence-corrected chi connectivity index (χ3v) is 3.94. The van der Waals surface area contributed by atoms with Crippen LogP contribution in [0.25, 0.3) is 0 Å². The fraction of sp³-hybridized carbons (Fsp3) is 0.833. The molecular formula is C12H20N4. The first-order chi connectivity index (χ1) is 7.84. The summed E-state index contributed by atoms with van der Waals surface area (Å²) in [4.78, 5) is 4.56. The van der Waals surface area contributed by atoms with E-state index in [0.29, 0.717) is 11.8 Å². The minimum atomic E-state index is 0.0454. The van der Waals surface area contributed by atoms with Gasteiger partial charge >= 0.3 is 0 Å². The van der Waals surface area contributed by atoms with Gasteiger partial charge in [-0.3, -0.25) is 5.10 Å². The van der Waals surface area contributed by atoms with Crippen molar-refractivity contribution in [3.63, 3.8) is 0 Å². The number of rotatable bonds is 3. The Balaban J connectivity index is 1.69. The second kappa shape index (κ2) is 4.17. The highest BCUT2D eigenvalue weighted by molar-refractivity contribution is 5.07. The molecular weight excluding hydrogens is 200 g/mol. The SMILES string of the molecule is NC(c1n[nH]c(C2CC2)n1)C1CCCCC1. The summed E-state index contributed by atoms with van der Waals surface area (Å²) < 4.78 is 0. The first-order valence-electron chi connectivity index (χ1n) is 6.52. The molecule has 1 unspecified atom stereocenters. The molecule has 0 aromatic carbocycles. The van der Waals surface area contributed by atoms with E-state index in [0.717, 1.165) is 11.6 Å². The van der Waals surface area contributed by atoms with Crippen LogP contribution in [-0.2, 0) is 0 Å². The number of aromatic nitrogens is 3. The van der Waals surface area contributed by atoms with Crippen LogP contribution in [0.15, 0.2) is 0 Å². The fourth-order valence-electron chi connectivity index (χ4n) is 2.68. The predicted molar refractivity (Wildman–Crippen MR) is 61.9 cm³/mol. The van der Waals surface area contributed by atoms with Gasteiger partial charge in [-0.2, -0.15) is 5.10 Å². The van der Waals surface area contributed by atoms with Crippen molar-refractivity contribution in [2.75, 3.05) is 0 Å². The zero-order valence-corrected chi connectivity index (χ0v) is 9.65. The van der Waals surface area contributed by atoms with Crippen LogP contribution in [0.3, 0.4) is 0 Å². The highest BCUT2D eigenvalue weighted by atomic mass is 15.2. The Labute approximate surface area is 96.0 Å². The summed E-state index contributed by atoms with van der Waals surface area (Å²) >= 11 is 0. The van der Waals surface area contributed by atoms with Crippen molar-refractivity contribution in [1.29, 1.82) is 0 Å². The molecule has 0 aliphatic heterocycles. The molecule has 1 aromatic rings. The van der Waals surface area contributed by atoms with Crippen molar-refractivity contribution in [3.8, 4) is 0 Å². The van der Waals surface area contributed by atoms with Crippen molar-refractivity contribution >= 4 is 0 Å². The zero-order chi connectivity index (χ0) is 11.0. The lowest BCUT2D eigenvalue weighted by atomic mass is 9.84. The van der Waals surface area contributed by atoms with Gasteiger partial charge < -0.3 is 5.73 Å². The summed E-state index contributed by atoms with van der Waals surface area (Å²) in [5.74, 6) is 3.13. The zero-order valence-electron chi connectivity index (χ0n) is 9.65. The van der Waals surface area contributed by atoms with Crippen LogP contribution in [0.5, 0.6) is 0 Å². The summed E-state index contributed by atoms with van der Waals surface area (Å²) in [6, 6.07) is 0.0454. The van der Waals surface area contributed by atoms with Crippen LogP contribution in [0, 0.1) is 5.92 Å². The van der Waals surface area contributed by atoms with Crippen molar-refractivity contribution in [2.24, 2.45) is 11.7 Å². The van der Waals surface area contributed by atoms with Crippen LogP contribution in [0.2, 0.25) is 0 Å². The molecule has 2 fully saturated rings. The van der Waals surface area contributed by atoms with Crippen LogP contribution in [0.1, 0.15) is 68.6 Å². The molecule has 0 saturated heterocycles. The van der Waals surface area contributed by atoms with Crippen LogP contribution in [0.4, 0.5) is 0 Å². The maximum atomic E-state index is 6.26. The van der Waals surface area contributed by atoms with Gasteiger partial charge in [-0.05, 0) is 31.6 Å². The lowest BCUT2D eigenvalue weighted by Crippen LogP contribution is -2.24. The van der Waals surface area contributed by atoms with Gasteiger partial charge in [0.25, 0.3) is 0 Å². The van der Waals surface area contributed by atoms with Gasteiger partial charge in [0.1, 0.15) is 5.82 Å². The van der Waals surface area contributed by atoms with E-state index in [2.05, 4.69) is 15.2 Å². The van der Waals surface area contributed by atoms with E-state index in [-0.39, 0.29) is 6.04 Å². The summed E-state index contributed by atoms with van der Waals surface area (Å²) in [5.41, 5.74) is 6.26. The van der Waals surface area contributed by atoms with E-state index >= 15 is 0 Å². The number of hydrogen-bond donors (Lipinski definition) is 2. The van der Waals surface area contributed by atoms with E-state index in [9.17, 15) is 0 Å². The fourth-order valence-corrected chi connectivity index (χ4v) is 2.68. The Hall–Kier alpha value is -0.900. The summed E-state index contributed by atoms with van der Waals surface area (Å²) in [6.45, 7) is 0. The highest BCUT2D eigenvalue weighted by Crippen LogP contribution is 2.38. The third kappa shape index (κ3) is 1.98. The number of nitrogens with zero attached hydrogens (tertiary/aromatic N) is 2. The van der Waals surface area contributed by atoms with Gasteiger partial charge in [-0.15, -0.1) is 0 Å². The maximum absolute atomic E-state index is 6.26. The number of aromatic amines is 1. The normalized spacial score (nSPS) is 24.6. The van der Waals surface area contributed by atoms with Gasteiger partial charge in [0.15, 0.2) is 5.82 Å². The molecule has 16 heavy (non-hydrogen) atoms. The third-order valence-electron chi connectivity index (χ3n) is 3.94. The molecule has 2 aliphatic carbocycles. The van der Waals surface area contributed by atoms with Gasteiger partial charge in [0.05, 0.1) is 6.04 Å². The molecule has 1 aromatic heterocycles.